The van der Waals surface area contributed by atoms with E-state index < -0.39 is 0 Å². The van der Waals surface area contributed by atoms with Gasteiger partial charge in [-0.05, 0) is 103 Å². The van der Waals surface area contributed by atoms with Gasteiger partial charge in [-0.2, -0.15) is 0 Å². The number of anilines is 3. The number of urea groups is 1. The number of piperazine rings is 2. The molecule has 3 fully saturated rings. The summed E-state index contributed by atoms with van der Waals surface area (Å²) in [7, 11) is 0. The van der Waals surface area contributed by atoms with Gasteiger partial charge >= 0.3 is 6.03 Å². The number of amides is 4. The third kappa shape index (κ3) is 7.80. The van der Waals surface area contributed by atoms with E-state index in [9.17, 15) is 19.5 Å². The lowest BCUT2D eigenvalue weighted by Gasteiger charge is -2.37. The quantitative estimate of drug-likeness (QED) is 0.220. The largest absolute Gasteiger partial charge is 0.508 e. The molecule has 0 saturated carbocycles. The first-order valence-corrected chi connectivity index (χ1v) is 19.6. The van der Waals surface area contributed by atoms with Crippen molar-refractivity contribution in [2.24, 2.45) is 0 Å². The predicted octanol–water partition coefficient (Wildman–Crippen LogP) is 5.95. The Labute approximate surface area is 318 Å². The molecular weight excluding hydrogens is 677 g/mol. The highest BCUT2D eigenvalue weighted by Gasteiger charge is 2.32. The second kappa shape index (κ2) is 15.9. The summed E-state index contributed by atoms with van der Waals surface area (Å²) in [5.41, 5.74) is 8.37. The number of phenols is 1. The molecule has 2 atom stereocenters. The Bertz CT molecular complexity index is 1940. The van der Waals surface area contributed by atoms with Gasteiger partial charge in [-0.1, -0.05) is 48.5 Å². The third-order valence-corrected chi connectivity index (χ3v) is 11.9. The Balaban J connectivity index is 0.785. The van der Waals surface area contributed by atoms with Crippen LogP contribution in [0.2, 0.25) is 0 Å². The van der Waals surface area contributed by atoms with Crippen LogP contribution >= 0.6 is 0 Å². The molecule has 54 heavy (non-hydrogen) atoms. The molecule has 4 aliphatic rings. The van der Waals surface area contributed by atoms with Gasteiger partial charge in [-0.25, -0.2) is 4.79 Å². The number of aryl methyl sites for hydroxylation is 1. The van der Waals surface area contributed by atoms with Gasteiger partial charge in [0.1, 0.15) is 5.75 Å². The van der Waals surface area contributed by atoms with Crippen LogP contribution in [0.4, 0.5) is 21.9 Å². The normalized spacial score (nSPS) is 20.8. The molecule has 3 aliphatic heterocycles. The number of imide groups is 1. The zero-order valence-electron chi connectivity index (χ0n) is 30.9. The molecule has 0 bridgehead atoms. The molecule has 8 rings (SSSR count). The van der Waals surface area contributed by atoms with E-state index in [1.54, 1.807) is 4.90 Å². The molecule has 10 heteroatoms. The topological polar surface area (TPSA) is 99.7 Å². The Morgan fingerprint density at radius 3 is 2.02 bits per heavy atom. The lowest BCUT2D eigenvalue weighted by atomic mass is 9.69. The van der Waals surface area contributed by atoms with Crippen molar-refractivity contribution in [2.75, 3.05) is 80.1 Å². The van der Waals surface area contributed by atoms with E-state index in [1.807, 2.05) is 41.3 Å². The fourth-order valence-electron chi connectivity index (χ4n) is 8.88. The zero-order chi connectivity index (χ0) is 37.0. The minimum absolute atomic E-state index is 0.236. The Kier molecular flexibility index (Phi) is 10.5. The lowest BCUT2D eigenvalue weighted by molar-refractivity contribution is -0.131. The number of benzene rings is 4. The molecule has 1 aliphatic carbocycles. The molecule has 0 aromatic heterocycles. The minimum atomic E-state index is -0.377. The van der Waals surface area contributed by atoms with Crippen molar-refractivity contribution < 1.29 is 19.5 Å². The molecular formula is C44H50N6O4. The van der Waals surface area contributed by atoms with E-state index in [-0.39, 0.29) is 23.8 Å². The Morgan fingerprint density at radius 1 is 0.685 bits per heavy atom. The molecule has 0 spiro atoms. The maximum atomic E-state index is 13.1. The van der Waals surface area contributed by atoms with Gasteiger partial charge in [0.05, 0.1) is 0 Å². The maximum absolute atomic E-state index is 13.1. The molecule has 4 amide bonds. The fraction of sp³-hybridized carbons (Fsp3) is 0.386. The van der Waals surface area contributed by atoms with Gasteiger partial charge in [0.15, 0.2) is 0 Å². The van der Waals surface area contributed by atoms with Crippen LogP contribution in [0.15, 0.2) is 97.1 Å². The summed E-state index contributed by atoms with van der Waals surface area (Å²) in [6.45, 7) is 8.21. The highest BCUT2D eigenvalue weighted by atomic mass is 16.3. The molecule has 0 radical (unpaired) electrons. The van der Waals surface area contributed by atoms with Crippen LogP contribution in [0.25, 0.3) is 0 Å². The number of aromatic hydroxyl groups is 1. The van der Waals surface area contributed by atoms with E-state index in [1.165, 1.54) is 27.9 Å². The molecule has 3 heterocycles. The minimum Gasteiger partial charge on any atom is -0.508 e. The summed E-state index contributed by atoms with van der Waals surface area (Å²) < 4.78 is 0. The molecule has 4 aromatic carbocycles. The van der Waals surface area contributed by atoms with Crippen LogP contribution < -0.4 is 20.0 Å². The number of hydrogen-bond donors (Lipinski definition) is 2. The second-order valence-corrected chi connectivity index (χ2v) is 15.1. The van der Waals surface area contributed by atoms with Crippen molar-refractivity contribution in [2.45, 2.75) is 43.9 Å². The summed E-state index contributed by atoms with van der Waals surface area (Å²) in [4.78, 5) is 47.6. The van der Waals surface area contributed by atoms with Crippen LogP contribution in [0.5, 0.6) is 5.75 Å². The average Bonchev–Trinajstić information content (AvgIpc) is 3.21. The summed E-state index contributed by atoms with van der Waals surface area (Å²) >= 11 is 0. The Morgan fingerprint density at radius 2 is 1.33 bits per heavy atom. The number of rotatable bonds is 9. The van der Waals surface area contributed by atoms with Gasteiger partial charge in [0, 0.05) is 94.7 Å². The van der Waals surface area contributed by atoms with Crippen LogP contribution in [0, 0.1) is 0 Å². The number of carbonyl (C=O) groups excluding carboxylic acids is 3. The van der Waals surface area contributed by atoms with E-state index in [2.05, 4.69) is 80.7 Å². The number of hydrogen-bond acceptors (Lipinski definition) is 7. The third-order valence-electron chi connectivity index (χ3n) is 11.9. The first-order chi connectivity index (χ1) is 26.4. The van der Waals surface area contributed by atoms with Crippen molar-refractivity contribution in [1.82, 2.24) is 15.1 Å². The second-order valence-electron chi connectivity index (χ2n) is 15.1. The van der Waals surface area contributed by atoms with Crippen molar-refractivity contribution in [1.29, 1.82) is 0 Å². The predicted molar refractivity (Wildman–Crippen MR) is 213 cm³/mol. The van der Waals surface area contributed by atoms with Gasteiger partial charge in [-0.3, -0.25) is 24.7 Å². The van der Waals surface area contributed by atoms with Crippen LogP contribution in [-0.4, -0.2) is 98.2 Å². The molecule has 2 N–H and O–H groups in total. The van der Waals surface area contributed by atoms with E-state index in [4.69, 9.17) is 0 Å². The smallest absolute Gasteiger partial charge is 0.328 e. The van der Waals surface area contributed by atoms with Crippen molar-refractivity contribution in [3.05, 3.63) is 119 Å². The summed E-state index contributed by atoms with van der Waals surface area (Å²) in [5.74, 6) is 0.987. The SMILES string of the molecule is O=C1CCN(c2ccc(N3CCN(C(=O)CCCN4CCN(c5ccc([C@@H]6c7ccc(O)cc7CC[C@@H]6c6ccccc6)cc5)CC4)CC3)cc2)C(=O)N1. The Hall–Kier alpha value is -5.35. The fourth-order valence-corrected chi connectivity index (χ4v) is 8.88. The first-order valence-electron chi connectivity index (χ1n) is 19.6. The molecule has 280 valence electrons. The van der Waals surface area contributed by atoms with Crippen LogP contribution in [0.1, 0.15) is 59.8 Å². The molecule has 0 unspecified atom stereocenters. The summed E-state index contributed by atoms with van der Waals surface area (Å²) in [5, 5.41) is 12.6. The van der Waals surface area contributed by atoms with E-state index in [0.717, 1.165) is 76.5 Å². The number of nitrogens with zero attached hydrogens (tertiary/aromatic N) is 5. The maximum Gasteiger partial charge on any atom is 0.328 e. The number of fused-ring (bicyclic) bond motifs is 1. The summed E-state index contributed by atoms with van der Waals surface area (Å²) in [6.07, 6.45) is 3.78. The molecule has 3 saturated heterocycles. The molecule has 4 aromatic rings. The molecule has 10 nitrogen and oxygen atoms in total. The van der Waals surface area contributed by atoms with Crippen molar-refractivity contribution in [3.63, 3.8) is 0 Å². The average molecular weight is 727 g/mol. The van der Waals surface area contributed by atoms with Gasteiger partial charge in [0.25, 0.3) is 0 Å². The standard InChI is InChI=1S/C44H50N6O4/c51-38-17-19-40-34(31-38)10-18-39(32-5-2-1-3-6-32)43(40)33-8-11-35(12-9-33)47-25-23-46(24-26-47)21-4-7-42(53)49-29-27-48(28-30-49)36-13-15-37(16-14-36)50-22-20-41(52)45-44(50)54/h1-3,5-6,8-9,11-17,19,31,39,43,51H,4,7,10,18,20-30H2,(H,45,52,54)/t39-,43+/m1/s1. The van der Waals surface area contributed by atoms with E-state index >= 15 is 0 Å². The van der Waals surface area contributed by atoms with Gasteiger partial charge < -0.3 is 19.8 Å². The lowest BCUT2D eigenvalue weighted by Crippen LogP contribution is -2.50. The van der Waals surface area contributed by atoms with Gasteiger partial charge in [-0.15, -0.1) is 0 Å². The first kappa shape index (κ1) is 35.7. The number of carbonyl (C=O) groups is 3. The summed E-state index contributed by atoms with van der Waals surface area (Å²) in [6, 6.07) is 33.5. The highest BCUT2D eigenvalue weighted by Crippen LogP contribution is 2.47. The monoisotopic (exact) mass is 726 g/mol. The number of phenolic OH excluding ortho intramolecular Hbond substituents is 1. The van der Waals surface area contributed by atoms with Crippen LogP contribution in [0.3, 0.4) is 0 Å². The van der Waals surface area contributed by atoms with Crippen molar-refractivity contribution in [3.8, 4) is 5.75 Å². The van der Waals surface area contributed by atoms with Gasteiger partial charge in [0.2, 0.25) is 11.8 Å². The van der Waals surface area contributed by atoms with E-state index in [0.29, 0.717) is 44.1 Å². The van der Waals surface area contributed by atoms with Crippen LogP contribution in [-0.2, 0) is 16.0 Å². The van der Waals surface area contributed by atoms with Crippen molar-refractivity contribution >= 4 is 34.9 Å². The number of nitrogens with one attached hydrogen (secondary N) is 1. The highest BCUT2D eigenvalue weighted by molar-refractivity contribution is 6.05. The zero-order valence-corrected chi connectivity index (χ0v) is 30.9.